The first-order valence-corrected chi connectivity index (χ1v) is 16.1. The minimum absolute atomic E-state index is 0.219. The molecule has 4 nitrogen and oxygen atoms in total. The monoisotopic (exact) mass is 566 g/mol. The number of carbonyl (C=O) groups is 3. The van der Waals surface area contributed by atoms with Gasteiger partial charge in [-0.3, -0.25) is 14.4 Å². The van der Waals surface area contributed by atoms with E-state index in [0.717, 1.165) is 96.3 Å². The van der Waals surface area contributed by atoms with Crippen LogP contribution in [-0.4, -0.2) is 24.6 Å². The number of esters is 1. The summed E-state index contributed by atoms with van der Waals surface area (Å²) in [6.07, 6.45) is 42.6. The number of methoxy groups -OCH3 is 1. The summed E-state index contributed by atoms with van der Waals surface area (Å²) in [5.74, 6) is -2.53. The number of rotatable bonds is 27. The molecule has 0 aliphatic rings. The third kappa shape index (κ3) is 24.7. The van der Waals surface area contributed by atoms with Gasteiger partial charge in [-0.15, -0.1) is 0 Å². The summed E-state index contributed by atoms with van der Waals surface area (Å²) in [7, 11) is 1.28. The lowest BCUT2D eigenvalue weighted by molar-refractivity contribution is -0.153. The van der Waals surface area contributed by atoms with Crippen LogP contribution in [0.25, 0.3) is 0 Å². The first kappa shape index (κ1) is 38.2. The van der Waals surface area contributed by atoms with Gasteiger partial charge in [-0.25, -0.2) is 0 Å². The maximum Gasteiger partial charge on any atom is 0.316 e. The van der Waals surface area contributed by atoms with Gasteiger partial charge in [-0.2, -0.15) is 0 Å². The lowest BCUT2D eigenvalue weighted by Crippen LogP contribution is -2.31. The van der Waals surface area contributed by atoms with Crippen molar-refractivity contribution in [2.24, 2.45) is 5.92 Å². The van der Waals surface area contributed by atoms with Crippen LogP contribution in [0.1, 0.15) is 129 Å². The normalized spacial score (nSPS) is 13.1. The molecule has 0 rings (SSSR count). The molecule has 0 amide bonds. The summed E-state index contributed by atoms with van der Waals surface area (Å²) in [4.78, 5) is 37.4. The predicted octanol–water partition coefficient (Wildman–Crippen LogP) is 10.3. The molecular weight excluding hydrogens is 508 g/mol. The molecule has 0 spiro atoms. The summed E-state index contributed by atoms with van der Waals surface area (Å²) in [5, 5.41) is 0. The summed E-state index contributed by atoms with van der Waals surface area (Å²) in [6.45, 7) is 4.28. The third-order valence-electron chi connectivity index (χ3n) is 6.78. The smallest absolute Gasteiger partial charge is 0.316 e. The van der Waals surface area contributed by atoms with Gasteiger partial charge in [0.1, 0.15) is 5.92 Å². The van der Waals surface area contributed by atoms with E-state index in [9.17, 15) is 14.4 Å². The minimum Gasteiger partial charge on any atom is -0.468 e. The van der Waals surface area contributed by atoms with Crippen molar-refractivity contribution in [3.05, 3.63) is 72.9 Å². The van der Waals surface area contributed by atoms with Crippen LogP contribution in [0.5, 0.6) is 0 Å². The molecule has 0 heterocycles. The van der Waals surface area contributed by atoms with Crippen LogP contribution in [0.15, 0.2) is 72.9 Å². The summed E-state index contributed by atoms with van der Waals surface area (Å²) in [5.41, 5.74) is 0. The van der Waals surface area contributed by atoms with Crippen LogP contribution in [0, 0.1) is 5.92 Å². The zero-order valence-electron chi connectivity index (χ0n) is 26.4. The molecule has 4 heteroatoms. The van der Waals surface area contributed by atoms with E-state index in [1.54, 1.807) is 0 Å². The number of carbonyl (C=O) groups excluding carboxylic acids is 3. The molecule has 230 valence electrons. The Morgan fingerprint density at radius 2 is 0.951 bits per heavy atom. The Hall–Kier alpha value is -2.75. The van der Waals surface area contributed by atoms with E-state index < -0.39 is 23.5 Å². The molecule has 0 aromatic heterocycles. The fourth-order valence-electron chi connectivity index (χ4n) is 4.33. The molecule has 0 aromatic rings. The molecule has 0 N–H and O–H groups in total. The van der Waals surface area contributed by atoms with Gasteiger partial charge in [0.2, 0.25) is 5.78 Å². The maximum atomic E-state index is 12.7. The van der Waals surface area contributed by atoms with Crippen molar-refractivity contribution in [2.75, 3.05) is 7.11 Å². The van der Waals surface area contributed by atoms with Gasteiger partial charge in [0.15, 0.2) is 5.78 Å². The second-order valence-electron chi connectivity index (χ2n) is 10.4. The number of unbranched alkanes of at least 4 members (excludes halogenated alkanes) is 8. The summed E-state index contributed by atoms with van der Waals surface area (Å²) < 4.78 is 4.84. The molecule has 0 fully saturated rings. The fourth-order valence-corrected chi connectivity index (χ4v) is 4.33. The average Bonchev–Trinajstić information content (AvgIpc) is 2.98. The topological polar surface area (TPSA) is 60.4 Å². The third-order valence-corrected chi connectivity index (χ3v) is 6.78. The first-order chi connectivity index (χ1) is 20.1. The van der Waals surface area contributed by atoms with Crippen molar-refractivity contribution < 1.29 is 19.1 Å². The molecule has 0 aliphatic carbocycles. The first-order valence-electron chi connectivity index (χ1n) is 16.1. The van der Waals surface area contributed by atoms with E-state index >= 15 is 0 Å². The highest BCUT2D eigenvalue weighted by Gasteiger charge is 2.31. The van der Waals surface area contributed by atoms with Gasteiger partial charge in [0.25, 0.3) is 0 Å². The van der Waals surface area contributed by atoms with E-state index in [-0.39, 0.29) is 6.42 Å². The quantitative estimate of drug-likeness (QED) is 0.0326. The van der Waals surface area contributed by atoms with Crippen LogP contribution in [-0.2, 0) is 19.1 Å². The van der Waals surface area contributed by atoms with Crippen molar-refractivity contribution in [1.82, 2.24) is 0 Å². The van der Waals surface area contributed by atoms with Crippen molar-refractivity contribution in [1.29, 1.82) is 0 Å². The van der Waals surface area contributed by atoms with E-state index in [4.69, 9.17) is 4.74 Å². The van der Waals surface area contributed by atoms with E-state index in [1.165, 1.54) is 7.11 Å². The Balaban J connectivity index is 4.04. The second-order valence-corrected chi connectivity index (χ2v) is 10.4. The Labute approximate surface area is 251 Å². The summed E-state index contributed by atoms with van der Waals surface area (Å²) >= 11 is 0. The number of hydrogen-bond donors (Lipinski definition) is 0. The number of ketones is 2. The van der Waals surface area contributed by atoms with Gasteiger partial charge >= 0.3 is 5.97 Å². The van der Waals surface area contributed by atoms with Crippen LogP contribution in [0.4, 0.5) is 0 Å². The SMILES string of the molecule is CC/C=C\C/C=C\C/C=C\CCCCCCC(=O)C(=O)C(CCCCCC/C=C\C/C=C\C/C=C\CC)C(=O)OC. The lowest BCUT2D eigenvalue weighted by atomic mass is 9.92. The fraction of sp³-hybridized carbons (Fsp3) is 0.595. The molecule has 0 bridgehead atoms. The zero-order valence-corrected chi connectivity index (χ0v) is 26.4. The van der Waals surface area contributed by atoms with Gasteiger partial charge in [-0.1, -0.05) is 119 Å². The van der Waals surface area contributed by atoms with Crippen molar-refractivity contribution in [3.63, 3.8) is 0 Å². The largest absolute Gasteiger partial charge is 0.468 e. The number of hydrogen-bond acceptors (Lipinski definition) is 4. The van der Waals surface area contributed by atoms with E-state index in [1.807, 2.05) is 0 Å². The standard InChI is InChI=1S/C37H58O4/c1-4-6-8-10-12-14-16-18-20-22-24-26-28-30-32-34(37(40)41-3)36(39)35(38)33-31-29-27-25-23-21-19-17-15-13-11-9-7-5-2/h6-9,12-15,18-21,34H,4-5,10-11,16-17,22-33H2,1-3H3/b8-6-,9-7-,14-12-,15-13-,20-18-,21-19-. The molecule has 1 atom stereocenters. The van der Waals surface area contributed by atoms with Crippen LogP contribution < -0.4 is 0 Å². The number of allylic oxidation sites excluding steroid dienone is 12. The molecular formula is C37H58O4. The van der Waals surface area contributed by atoms with Gasteiger partial charge in [0.05, 0.1) is 7.11 Å². The zero-order chi connectivity index (χ0) is 30.2. The highest BCUT2D eigenvalue weighted by atomic mass is 16.5. The molecule has 0 radical (unpaired) electrons. The number of ether oxygens (including phenoxy) is 1. The van der Waals surface area contributed by atoms with E-state index in [0.29, 0.717) is 12.8 Å². The Kier molecular flexibility index (Phi) is 28.2. The highest BCUT2D eigenvalue weighted by molar-refractivity contribution is 6.41. The molecule has 0 aromatic carbocycles. The molecule has 41 heavy (non-hydrogen) atoms. The summed E-state index contributed by atoms with van der Waals surface area (Å²) in [6, 6.07) is 0. The van der Waals surface area contributed by atoms with Crippen LogP contribution in [0.3, 0.4) is 0 Å². The highest BCUT2D eigenvalue weighted by Crippen LogP contribution is 2.17. The maximum absolute atomic E-state index is 12.7. The van der Waals surface area contributed by atoms with Gasteiger partial charge < -0.3 is 4.74 Å². The van der Waals surface area contributed by atoms with Crippen molar-refractivity contribution in [2.45, 2.75) is 129 Å². The Morgan fingerprint density at radius 3 is 1.41 bits per heavy atom. The predicted molar refractivity (Wildman–Crippen MR) is 175 cm³/mol. The van der Waals surface area contributed by atoms with Crippen LogP contribution in [0.2, 0.25) is 0 Å². The Bertz CT molecular complexity index is 841. The number of Topliss-reactive ketones (excluding diaryl/α,β-unsaturated/α-hetero) is 2. The average molecular weight is 567 g/mol. The van der Waals surface area contributed by atoms with Gasteiger partial charge in [0, 0.05) is 6.42 Å². The lowest BCUT2D eigenvalue weighted by Gasteiger charge is -2.12. The molecule has 0 saturated carbocycles. The molecule has 1 unspecified atom stereocenters. The molecule has 0 saturated heterocycles. The van der Waals surface area contributed by atoms with Gasteiger partial charge in [-0.05, 0) is 77.0 Å². The van der Waals surface area contributed by atoms with Crippen LogP contribution >= 0.6 is 0 Å². The Morgan fingerprint density at radius 1 is 0.537 bits per heavy atom. The van der Waals surface area contributed by atoms with Crippen molar-refractivity contribution in [3.8, 4) is 0 Å². The second kappa shape index (κ2) is 30.2. The van der Waals surface area contributed by atoms with E-state index in [2.05, 4.69) is 86.8 Å². The molecule has 0 aliphatic heterocycles. The minimum atomic E-state index is -0.951. The van der Waals surface area contributed by atoms with Crippen molar-refractivity contribution >= 4 is 17.5 Å².